The molecule has 2 aromatic rings. The minimum Gasteiger partial charge on any atom is -0.369 e. The molecule has 0 atom stereocenters. The van der Waals surface area contributed by atoms with E-state index in [4.69, 9.17) is 16.9 Å². The van der Waals surface area contributed by atoms with Crippen LogP contribution in [0.5, 0.6) is 0 Å². The highest BCUT2D eigenvalue weighted by atomic mass is 35.5. The number of rotatable bonds is 3. The van der Waals surface area contributed by atoms with Crippen molar-refractivity contribution in [1.82, 2.24) is 19.9 Å². The van der Waals surface area contributed by atoms with Crippen LogP contribution in [-0.2, 0) is 0 Å². The van der Waals surface area contributed by atoms with Crippen molar-refractivity contribution in [2.75, 3.05) is 14.1 Å². The Bertz CT molecular complexity index is 635. The monoisotopic (exact) mass is 274 g/mol. The lowest BCUT2D eigenvalue weighted by Gasteiger charge is -2.05. The van der Waals surface area contributed by atoms with E-state index in [0.29, 0.717) is 10.8 Å². The van der Waals surface area contributed by atoms with Crippen LogP contribution in [0.3, 0.4) is 0 Å². The first-order valence-corrected chi connectivity index (χ1v) is 5.82. The van der Waals surface area contributed by atoms with Gasteiger partial charge in [0.15, 0.2) is 5.82 Å². The second-order valence-corrected chi connectivity index (χ2v) is 4.41. The molecule has 6 nitrogen and oxygen atoms in total. The highest BCUT2D eigenvalue weighted by Gasteiger charge is 2.12. The van der Waals surface area contributed by atoms with Gasteiger partial charge >= 0.3 is 0 Å². The van der Waals surface area contributed by atoms with Crippen LogP contribution in [-0.4, -0.2) is 40.3 Å². The standard InChI is InChI=1S/C12H11ClN6/c1-18(2)8-15-12-11(7-14)16-17-19(12)10-5-3-9(13)4-6-10/h3-6,8H,1-2H3. The molecule has 0 aliphatic carbocycles. The summed E-state index contributed by atoms with van der Waals surface area (Å²) in [6.07, 6.45) is 1.59. The number of nitrogens with zero attached hydrogens (tertiary/aromatic N) is 6. The van der Waals surface area contributed by atoms with Gasteiger partial charge in [-0.15, -0.1) is 5.10 Å². The molecule has 0 bridgehead atoms. The molecule has 7 heteroatoms. The largest absolute Gasteiger partial charge is 0.369 e. The van der Waals surface area contributed by atoms with Crippen LogP contribution in [0.1, 0.15) is 5.69 Å². The predicted molar refractivity (Wildman–Crippen MR) is 72.9 cm³/mol. The molecule has 96 valence electrons. The Balaban J connectivity index is 2.49. The fourth-order valence-electron chi connectivity index (χ4n) is 1.39. The van der Waals surface area contributed by atoms with Gasteiger partial charge in [0.2, 0.25) is 5.69 Å². The van der Waals surface area contributed by atoms with Crippen LogP contribution in [0.15, 0.2) is 29.3 Å². The Morgan fingerprint density at radius 1 is 1.37 bits per heavy atom. The van der Waals surface area contributed by atoms with Crippen LogP contribution in [0.4, 0.5) is 5.82 Å². The van der Waals surface area contributed by atoms with Gasteiger partial charge in [-0.1, -0.05) is 16.8 Å². The molecule has 0 N–H and O–H groups in total. The predicted octanol–water partition coefficient (Wildman–Crippen LogP) is 2.01. The molecule has 0 amide bonds. The summed E-state index contributed by atoms with van der Waals surface area (Å²) in [6.45, 7) is 0. The Morgan fingerprint density at radius 2 is 2.05 bits per heavy atom. The Morgan fingerprint density at radius 3 is 2.63 bits per heavy atom. The Labute approximate surface area is 115 Å². The third-order valence-corrected chi connectivity index (χ3v) is 2.49. The topological polar surface area (TPSA) is 70.1 Å². The number of hydrogen-bond donors (Lipinski definition) is 0. The summed E-state index contributed by atoms with van der Waals surface area (Å²) in [6, 6.07) is 9.02. The minimum atomic E-state index is 0.174. The summed E-state index contributed by atoms with van der Waals surface area (Å²) < 4.78 is 1.49. The molecule has 0 aliphatic heterocycles. The molecule has 0 aliphatic rings. The lowest BCUT2D eigenvalue weighted by atomic mass is 10.3. The molecule has 1 aromatic heterocycles. The van der Waals surface area contributed by atoms with Gasteiger partial charge in [0, 0.05) is 19.1 Å². The minimum absolute atomic E-state index is 0.174. The van der Waals surface area contributed by atoms with E-state index in [1.807, 2.05) is 20.2 Å². The molecule has 0 saturated carbocycles. The average molecular weight is 275 g/mol. The third kappa shape index (κ3) is 2.89. The average Bonchev–Trinajstić information content (AvgIpc) is 2.80. The molecular weight excluding hydrogens is 264 g/mol. The van der Waals surface area contributed by atoms with E-state index in [-0.39, 0.29) is 5.69 Å². The summed E-state index contributed by atoms with van der Waals surface area (Å²) in [5.41, 5.74) is 0.914. The molecule has 0 spiro atoms. The van der Waals surface area contributed by atoms with E-state index < -0.39 is 0 Å². The molecular formula is C12H11ClN6. The zero-order chi connectivity index (χ0) is 13.8. The summed E-state index contributed by atoms with van der Waals surface area (Å²) in [4.78, 5) is 5.98. The molecule has 1 heterocycles. The van der Waals surface area contributed by atoms with E-state index in [2.05, 4.69) is 15.3 Å². The summed E-state index contributed by atoms with van der Waals surface area (Å²) in [5.74, 6) is 0.388. The Hall–Kier alpha value is -2.39. The fraction of sp³-hybridized carbons (Fsp3) is 0.167. The second-order valence-electron chi connectivity index (χ2n) is 3.97. The van der Waals surface area contributed by atoms with Crippen molar-refractivity contribution in [3.05, 3.63) is 35.0 Å². The van der Waals surface area contributed by atoms with E-state index in [1.54, 1.807) is 35.5 Å². The zero-order valence-corrected chi connectivity index (χ0v) is 11.2. The molecule has 1 aromatic carbocycles. The zero-order valence-electron chi connectivity index (χ0n) is 10.4. The van der Waals surface area contributed by atoms with Gasteiger partial charge in [0.05, 0.1) is 12.0 Å². The Kier molecular flexibility index (Phi) is 3.78. The molecule has 19 heavy (non-hydrogen) atoms. The molecule has 0 radical (unpaired) electrons. The number of benzene rings is 1. The summed E-state index contributed by atoms with van der Waals surface area (Å²) >= 11 is 5.84. The number of nitriles is 1. The summed E-state index contributed by atoms with van der Waals surface area (Å²) in [5, 5.41) is 17.4. The van der Waals surface area contributed by atoms with Gasteiger partial charge in [-0.3, -0.25) is 0 Å². The quantitative estimate of drug-likeness (QED) is 0.634. The van der Waals surface area contributed by atoms with Gasteiger partial charge in [0.25, 0.3) is 0 Å². The molecule has 0 saturated heterocycles. The van der Waals surface area contributed by atoms with Crippen molar-refractivity contribution in [3.63, 3.8) is 0 Å². The van der Waals surface area contributed by atoms with Crippen molar-refractivity contribution in [2.45, 2.75) is 0 Å². The van der Waals surface area contributed by atoms with E-state index in [9.17, 15) is 0 Å². The van der Waals surface area contributed by atoms with Gasteiger partial charge in [0.1, 0.15) is 6.07 Å². The maximum absolute atomic E-state index is 9.01. The molecule has 2 rings (SSSR count). The smallest absolute Gasteiger partial charge is 0.209 e. The first-order valence-electron chi connectivity index (χ1n) is 5.44. The SMILES string of the molecule is CN(C)C=Nc1c(C#N)nnn1-c1ccc(Cl)cc1. The lowest BCUT2D eigenvalue weighted by molar-refractivity contribution is 0.642. The number of hydrogen-bond acceptors (Lipinski definition) is 4. The van der Waals surface area contributed by atoms with E-state index in [0.717, 1.165) is 5.69 Å². The number of aliphatic imine (C=N–C) groups is 1. The van der Waals surface area contributed by atoms with Gasteiger partial charge in [-0.25, -0.2) is 4.99 Å². The number of aromatic nitrogens is 3. The maximum atomic E-state index is 9.01. The number of halogens is 1. The normalized spacial score (nSPS) is 10.6. The molecule has 0 fully saturated rings. The van der Waals surface area contributed by atoms with Crippen molar-refractivity contribution in [3.8, 4) is 11.8 Å². The fourth-order valence-corrected chi connectivity index (χ4v) is 1.52. The second kappa shape index (κ2) is 5.50. The summed E-state index contributed by atoms with van der Waals surface area (Å²) in [7, 11) is 3.68. The van der Waals surface area contributed by atoms with Crippen molar-refractivity contribution in [1.29, 1.82) is 5.26 Å². The first-order chi connectivity index (χ1) is 9.11. The van der Waals surface area contributed by atoms with Gasteiger partial charge in [-0.05, 0) is 24.3 Å². The van der Waals surface area contributed by atoms with Gasteiger partial charge < -0.3 is 4.90 Å². The van der Waals surface area contributed by atoms with Gasteiger partial charge in [-0.2, -0.15) is 9.94 Å². The maximum Gasteiger partial charge on any atom is 0.209 e. The van der Waals surface area contributed by atoms with Crippen LogP contribution >= 0.6 is 11.6 Å². The van der Waals surface area contributed by atoms with Crippen LogP contribution in [0.25, 0.3) is 5.69 Å². The third-order valence-electron chi connectivity index (χ3n) is 2.23. The molecule has 0 unspecified atom stereocenters. The first kappa shape index (κ1) is 13.1. The van der Waals surface area contributed by atoms with Crippen molar-refractivity contribution < 1.29 is 0 Å². The van der Waals surface area contributed by atoms with Crippen LogP contribution < -0.4 is 0 Å². The van der Waals surface area contributed by atoms with E-state index >= 15 is 0 Å². The van der Waals surface area contributed by atoms with Crippen molar-refractivity contribution >= 4 is 23.8 Å². The van der Waals surface area contributed by atoms with Crippen molar-refractivity contribution in [2.24, 2.45) is 4.99 Å². The lowest BCUT2D eigenvalue weighted by Crippen LogP contribution is -2.07. The van der Waals surface area contributed by atoms with E-state index in [1.165, 1.54) is 4.68 Å². The van der Waals surface area contributed by atoms with Crippen LogP contribution in [0.2, 0.25) is 5.02 Å². The highest BCUT2D eigenvalue weighted by molar-refractivity contribution is 6.30. The van der Waals surface area contributed by atoms with Crippen LogP contribution in [0, 0.1) is 11.3 Å². The highest BCUT2D eigenvalue weighted by Crippen LogP contribution is 2.21.